The molecule has 0 bridgehead atoms. The number of anilines is 1. The Labute approximate surface area is 197 Å². The van der Waals surface area contributed by atoms with Crippen LogP contribution in [-0.2, 0) is 4.79 Å². The first kappa shape index (κ1) is 21.2. The minimum atomic E-state index is -0.438. The van der Waals surface area contributed by atoms with Gasteiger partial charge in [-0.1, -0.05) is 30.3 Å². The van der Waals surface area contributed by atoms with Crippen LogP contribution in [0.1, 0.15) is 45.6 Å². The topological polar surface area (TPSA) is 83.0 Å². The predicted molar refractivity (Wildman–Crippen MR) is 131 cm³/mol. The van der Waals surface area contributed by atoms with Crippen LogP contribution in [0.15, 0.2) is 83.6 Å². The molecule has 0 fully saturated rings. The minimum absolute atomic E-state index is 0.0546. The Morgan fingerprint density at radius 1 is 1.15 bits per heavy atom. The molecule has 0 saturated heterocycles. The van der Waals surface area contributed by atoms with Crippen LogP contribution in [0.2, 0.25) is 0 Å². The van der Waals surface area contributed by atoms with Crippen LogP contribution in [0.25, 0.3) is 0 Å². The van der Waals surface area contributed by atoms with Gasteiger partial charge in [-0.2, -0.15) is 5.26 Å². The third-order valence-corrected chi connectivity index (χ3v) is 7.51. The Balaban J connectivity index is 1.74. The SMILES string of the molecule is Cc1cc([C@@H]2C(C#N)=C(N)N(c3cccnc3)C3=C2C(=O)C[C@H](c2ccccc2)C3)c(C)s1. The molecule has 2 aromatic heterocycles. The van der Waals surface area contributed by atoms with E-state index in [9.17, 15) is 10.1 Å². The van der Waals surface area contributed by atoms with Crippen molar-refractivity contribution in [3.8, 4) is 6.07 Å². The van der Waals surface area contributed by atoms with Gasteiger partial charge in [0, 0.05) is 33.6 Å². The van der Waals surface area contributed by atoms with Crippen molar-refractivity contribution in [1.29, 1.82) is 5.26 Å². The number of carbonyl (C=O) groups is 1. The van der Waals surface area contributed by atoms with Gasteiger partial charge in [0.15, 0.2) is 5.78 Å². The average molecular weight is 453 g/mol. The zero-order valence-corrected chi connectivity index (χ0v) is 19.4. The third-order valence-electron chi connectivity index (χ3n) is 6.53. The van der Waals surface area contributed by atoms with Crippen LogP contribution < -0.4 is 10.6 Å². The van der Waals surface area contributed by atoms with E-state index in [0.29, 0.717) is 29.8 Å². The number of aromatic nitrogens is 1. The summed E-state index contributed by atoms with van der Waals surface area (Å²) in [5.74, 6) is 0.0672. The highest BCUT2D eigenvalue weighted by molar-refractivity contribution is 7.12. The Morgan fingerprint density at radius 2 is 1.94 bits per heavy atom. The van der Waals surface area contributed by atoms with Gasteiger partial charge in [-0.05, 0) is 55.5 Å². The molecule has 0 spiro atoms. The molecule has 3 aromatic rings. The standard InChI is InChI=1S/C27H24N4OS/c1-16-11-21(17(2)33-16)25-22(14-28)27(29)31(20-9-6-10-30-15-20)23-12-19(13-24(32)26(23)25)18-7-4-3-5-8-18/h3-11,15,19,25H,12-13,29H2,1-2H3/t19-,25-/m1/s1. The zero-order valence-electron chi connectivity index (χ0n) is 18.6. The van der Waals surface area contributed by atoms with E-state index in [1.165, 1.54) is 0 Å². The molecule has 0 amide bonds. The number of nitriles is 1. The molecule has 2 atom stereocenters. The van der Waals surface area contributed by atoms with Crippen molar-refractivity contribution < 1.29 is 4.79 Å². The van der Waals surface area contributed by atoms with Gasteiger partial charge in [-0.15, -0.1) is 11.3 Å². The molecule has 33 heavy (non-hydrogen) atoms. The number of thiophene rings is 1. The summed E-state index contributed by atoms with van der Waals surface area (Å²) in [6.07, 6.45) is 4.51. The van der Waals surface area contributed by atoms with Crippen LogP contribution >= 0.6 is 11.3 Å². The van der Waals surface area contributed by atoms with E-state index in [-0.39, 0.29) is 11.7 Å². The van der Waals surface area contributed by atoms with Crippen LogP contribution in [0.4, 0.5) is 5.69 Å². The monoisotopic (exact) mass is 452 g/mol. The summed E-state index contributed by atoms with van der Waals surface area (Å²) in [4.78, 5) is 22.2. The summed E-state index contributed by atoms with van der Waals surface area (Å²) >= 11 is 1.68. The maximum Gasteiger partial charge on any atom is 0.162 e. The lowest BCUT2D eigenvalue weighted by Gasteiger charge is -2.41. The lowest BCUT2D eigenvalue weighted by Crippen LogP contribution is -2.40. The summed E-state index contributed by atoms with van der Waals surface area (Å²) in [6.45, 7) is 4.10. The highest BCUT2D eigenvalue weighted by Gasteiger charge is 2.43. The molecule has 5 nitrogen and oxygen atoms in total. The van der Waals surface area contributed by atoms with Gasteiger partial charge in [0.2, 0.25) is 0 Å². The number of aryl methyl sites for hydroxylation is 2. The maximum absolute atomic E-state index is 13.8. The number of pyridine rings is 1. The second kappa shape index (κ2) is 8.34. The van der Waals surface area contributed by atoms with E-state index in [2.05, 4.69) is 36.2 Å². The van der Waals surface area contributed by atoms with Crippen molar-refractivity contribution in [3.05, 3.63) is 104 Å². The molecule has 0 saturated carbocycles. The molecular formula is C27H24N4OS. The second-order valence-corrected chi connectivity index (χ2v) is 10.0. The number of nitrogens with zero attached hydrogens (tertiary/aromatic N) is 3. The van der Waals surface area contributed by atoms with E-state index >= 15 is 0 Å². The Bertz CT molecular complexity index is 1330. The van der Waals surface area contributed by atoms with Gasteiger partial charge >= 0.3 is 0 Å². The minimum Gasteiger partial charge on any atom is -0.384 e. The smallest absolute Gasteiger partial charge is 0.162 e. The lowest BCUT2D eigenvalue weighted by atomic mass is 9.72. The Kier molecular flexibility index (Phi) is 5.35. The predicted octanol–water partition coefficient (Wildman–Crippen LogP) is 5.46. The highest BCUT2D eigenvalue weighted by atomic mass is 32.1. The van der Waals surface area contributed by atoms with E-state index in [1.807, 2.05) is 42.2 Å². The van der Waals surface area contributed by atoms with Crippen LogP contribution in [0.5, 0.6) is 0 Å². The quantitative estimate of drug-likeness (QED) is 0.571. The fourth-order valence-electron chi connectivity index (χ4n) is 5.12. The molecule has 2 N–H and O–H groups in total. The van der Waals surface area contributed by atoms with Gasteiger partial charge in [-0.3, -0.25) is 14.7 Å². The number of hydrogen-bond donors (Lipinski definition) is 1. The number of ketones is 1. The summed E-state index contributed by atoms with van der Waals surface area (Å²) in [7, 11) is 0. The molecular weight excluding hydrogens is 428 g/mol. The second-order valence-electron chi connectivity index (χ2n) is 8.56. The molecule has 0 radical (unpaired) electrons. The van der Waals surface area contributed by atoms with Crippen molar-refractivity contribution in [1.82, 2.24) is 4.98 Å². The van der Waals surface area contributed by atoms with E-state index in [4.69, 9.17) is 5.73 Å². The van der Waals surface area contributed by atoms with Crippen molar-refractivity contribution in [2.24, 2.45) is 5.73 Å². The largest absolute Gasteiger partial charge is 0.384 e. The number of Topliss-reactive ketones (excluding diaryl/α,β-unsaturated/α-hetero) is 1. The van der Waals surface area contributed by atoms with Crippen molar-refractivity contribution in [3.63, 3.8) is 0 Å². The first-order valence-corrected chi connectivity index (χ1v) is 11.8. The fraction of sp³-hybridized carbons (Fsp3) is 0.222. The van der Waals surface area contributed by atoms with Gasteiger partial charge in [-0.25, -0.2) is 0 Å². The van der Waals surface area contributed by atoms with E-state index in [0.717, 1.165) is 32.3 Å². The van der Waals surface area contributed by atoms with Gasteiger partial charge in [0.25, 0.3) is 0 Å². The lowest BCUT2D eigenvalue weighted by molar-refractivity contribution is -0.116. The number of benzene rings is 1. The average Bonchev–Trinajstić information content (AvgIpc) is 3.16. The summed E-state index contributed by atoms with van der Waals surface area (Å²) in [5, 5.41) is 10.2. The third kappa shape index (κ3) is 3.55. The first-order valence-electron chi connectivity index (χ1n) is 11.0. The summed E-state index contributed by atoms with van der Waals surface area (Å²) in [5.41, 5.74) is 11.6. The molecule has 1 aromatic carbocycles. The number of hydrogen-bond acceptors (Lipinski definition) is 6. The molecule has 164 valence electrons. The normalized spacial score (nSPS) is 20.6. The van der Waals surface area contributed by atoms with Crippen LogP contribution in [0, 0.1) is 25.2 Å². The molecule has 1 aliphatic heterocycles. The Morgan fingerprint density at radius 3 is 2.58 bits per heavy atom. The van der Waals surface area contributed by atoms with Gasteiger partial charge in [0.05, 0.1) is 29.4 Å². The molecule has 6 heteroatoms. The number of carbonyl (C=O) groups excluding carboxylic acids is 1. The van der Waals surface area contributed by atoms with Crippen molar-refractivity contribution in [2.75, 3.05) is 4.90 Å². The highest BCUT2D eigenvalue weighted by Crippen LogP contribution is 2.50. The molecule has 5 rings (SSSR count). The van der Waals surface area contributed by atoms with Crippen molar-refractivity contribution in [2.45, 2.75) is 38.5 Å². The molecule has 2 aliphatic rings. The Hall–Kier alpha value is -3.69. The summed E-state index contributed by atoms with van der Waals surface area (Å²) in [6, 6.07) is 18.3. The maximum atomic E-state index is 13.8. The van der Waals surface area contributed by atoms with Gasteiger partial charge in [0.1, 0.15) is 5.82 Å². The molecule has 0 unspecified atom stereocenters. The zero-order chi connectivity index (χ0) is 23.1. The van der Waals surface area contributed by atoms with Crippen molar-refractivity contribution >= 4 is 22.8 Å². The first-order chi connectivity index (χ1) is 16.0. The van der Waals surface area contributed by atoms with E-state index < -0.39 is 5.92 Å². The summed E-state index contributed by atoms with van der Waals surface area (Å²) < 4.78 is 0. The number of rotatable bonds is 3. The van der Waals surface area contributed by atoms with E-state index in [1.54, 1.807) is 23.7 Å². The number of nitrogens with two attached hydrogens (primary N) is 1. The fourth-order valence-corrected chi connectivity index (χ4v) is 6.08. The van der Waals surface area contributed by atoms with Gasteiger partial charge < -0.3 is 5.73 Å². The molecule has 3 heterocycles. The van der Waals surface area contributed by atoms with Crippen LogP contribution in [0.3, 0.4) is 0 Å². The molecule has 1 aliphatic carbocycles. The number of allylic oxidation sites excluding steroid dienone is 3. The van der Waals surface area contributed by atoms with Crippen LogP contribution in [-0.4, -0.2) is 10.8 Å².